The monoisotopic (exact) mass is 242 g/mol. The van der Waals surface area contributed by atoms with Gasteiger partial charge in [-0.1, -0.05) is 24.3 Å². The number of nitrogens with zero attached hydrogens (tertiary/aromatic N) is 1. The molecule has 1 aromatic carbocycles. The van der Waals surface area contributed by atoms with E-state index in [-0.39, 0.29) is 6.61 Å². The molecule has 0 amide bonds. The Morgan fingerprint density at radius 2 is 2.06 bits per heavy atom. The van der Waals surface area contributed by atoms with Gasteiger partial charge in [0.15, 0.2) is 0 Å². The zero-order chi connectivity index (χ0) is 12.6. The number of aliphatic hydroxyl groups is 1. The number of nitrogens with one attached hydrogen (secondary N) is 1. The van der Waals surface area contributed by atoms with Crippen LogP contribution < -0.4 is 5.32 Å². The molecule has 2 rings (SSSR count). The maximum absolute atomic E-state index is 8.71. The van der Waals surface area contributed by atoms with Crippen molar-refractivity contribution < 1.29 is 5.11 Å². The van der Waals surface area contributed by atoms with Crippen molar-refractivity contribution in [2.24, 2.45) is 0 Å². The molecule has 3 nitrogen and oxygen atoms in total. The summed E-state index contributed by atoms with van der Waals surface area (Å²) in [4.78, 5) is 4.35. The molecule has 18 heavy (non-hydrogen) atoms. The van der Waals surface area contributed by atoms with Crippen LogP contribution in [0.5, 0.6) is 0 Å². The number of rotatable bonds is 6. The first-order valence-corrected chi connectivity index (χ1v) is 6.22. The summed E-state index contributed by atoms with van der Waals surface area (Å²) in [7, 11) is 0. The van der Waals surface area contributed by atoms with Gasteiger partial charge in [-0.25, -0.2) is 0 Å². The first-order valence-electron chi connectivity index (χ1n) is 6.22. The highest BCUT2D eigenvalue weighted by atomic mass is 16.3. The molecule has 0 unspecified atom stereocenters. The summed E-state index contributed by atoms with van der Waals surface area (Å²) in [6.45, 7) is 1.89. The van der Waals surface area contributed by atoms with Gasteiger partial charge in [-0.2, -0.15) is 0 Å². The SMILES string of the molecule is OCCCNCc1cccc(-c2ccccn2)c1. The Balaban J connectivity index is 2.02. The average molecular weight is 242 g/mol. The largest absolute Gasteiger partial charge is 0.396 e. The van der Waals surface area contributed by atoms with Crippen molar-refractivity contribution in [1.82, 2.24) is 10.3 Å². The molecular formula is C15H18N2O. The van der Waals surface area contributed by atoms with Crippen LogP contribution in [0.4, 0.5) is 0 Å². The Bertz CT molecular complexity index is 471. The fraction of sp³-hybridized carbons (Fsp3) is 0.267. The molecule has 94 valence electrons. The smallest absolute Gasteiger partial charge is 0.0702 e. The molecular weight excluding hydrogens is 224 g/mol. The zero-order valence-corrected chi connectivity index (χ0v) is 10.3. The first kappa shape index (κ1) is 12.7. The fourth-order valence-electron chi connectivity index (χ4n) is 1.81. The molecule has 0 saturated heterocycles. The van der Waals surface area contributed by atoms with Gasteiger partial charge in [0.1, 0.15) is 0 Å². The number of pyridine rings is 1. The predicted octanol–water partition coefficient (Wildman–Crippen LogP) is 2.22. The summed E-state index contributed by atoms with van der Waals surface area (Å²) in [6.07, 6.45) is 2.60. The van der Waals surface area contributed by atoms with Gasteiger partial charge in [0, 0.05) is 24.9 Å². The molecule has 0 aliphatic heterocycles. The van der Waals surface area contributed by atoms with Crippen molar-refractivity contribution in [3.63, 3.8) is 0 Å². The quantitative estimate of drug-likeness (QED) is 0.763. The van der Waals surface area contributed by atoms with Crippen LogP contribution in [0.2, 0.25) is 0 Å². The number of aromatic nitrogens is 1. The molecule has 0 aliphatic rings. The van der Waals surface area contributed by atoms with Gasteiger partial charge in [0.05, 0.1) is 5.69 Å². The molecule has 0 atom stereocenters. The lowest BCUT2D eigenvalue weighted by Gasteiger charge is -2.06. The summed E-state index contributed by atoms with van der Waals surface area (Å²) >= 11 is 0. The van der Waals surface area contributed by atoms with Gasteiger partial charge in [-0.3, -0.25) is 4.98 Å². The normalized spacial score (nSPS) is 10.5. The second-order valence-corrected chi connectivity index (χ2v) is 4.17. The summed E-state index contributed by atoms with van der Waals surface area (Å²) in [5, 5.41) is 12.0. The minimum atomic E-state index is 0.237. The standard InChI is InChI=1S/C15H18N2O/c18-10-4-8-16-12-13-5-3-6-14(11-13)15-7-1-2-9-17-15/h1-3,5-7,9,11,16,18H,4,8,10,12H2. The summed E-state index contributed by atoms with van der Waals surface area (Å²) in [5.74, 6) is 0. The topological polar surface area (TPSA) is 45.1 Å². The van der Waals surface area contributed by atoms with E-state index in [0.29, 0.717) is 0 Å². The van der Waals surface area contributed by atoms with Gasteiger partial charge < -0.3 is 10.4 Å². The number of hydrogen-bond donors (Lipinski definition) is 2. The van der Waals surface area contributed by atoms with Gasteiger partial charge >= 0.3 is 0 Å². The van der Waals surface area contributed by atoms with Crippen molar-refractivity contribution >= 4 is 0 Å². The lowest BCUT2D eigenvalue weighted by molar-refractivity contribution is 0.286. The fourth-order valence-corrected chi connectivity index (χ4v) is 1.81. The van der Waals surface area contributed by atoms with Crippen LogP contribution in [0.25, 0.3) is 11.3 Å². The molecule has 3 heteroatoms. The molecule has 0 aliphatic carbocycles. The molecule has 2 aromatic rings. The third-order valence-electron chi connectivity index (χ3n) is 2.73. The summed E-state index contributed by atoms with van der Waals surface area (Å²) in [5.41, 5.74) is 3.36. The van der Waals surface area contributed by atoms with Crippen molar-refractivity contribution in [2.75, 3.05) is 13.2 Å². The molecule has 0 saturated carbocycles. The van der Waals surface area contributed by atoms with E-state index in [0.717, 1.165) is 30.8 Å². The predicted molar refractivity (Wildman–Crippen MR) is 73.1 cm³/mol. The van der Waals surface area contributed by atoms with Crippen molar-refractivity contribution in [3.05, 3.63) is 54.2 Å². The van der Waals surface area contributed by atoms with Crippen LogP contribution in [-0.2, 0) is 6.54 Å². The maximum atomic E-state index is 8.71. The zero-order valence-electron chi connectivity index (χ0n) is 10.3. The second-order valence-electron chi connectivity index (χ2n) is 4.17. The van der Waals surface area contributed by atoms with E-state index >= 15 is 0 Å². The Hall–Kier alpha value is -1.71. The van der Waals surface area contributed by atoms with Crippen LogP contribution in [0.15, 0.2) is 48.7 Å². The first-order chi connectivity index (χ1) is 8.90. The minimum absolute atomic E-state index is 0.237. The van der Waals surface area contributed by atoms with E-state index in [1.807, 2.05) is 30.5 Å². The lowest BCUT2D eigenvalue weighted by atomic mass is 10.1. The van der Waals surface area contributed by atoms with Gasteiger partial charge in [0.2, 0.25) is 0 Å². The van der Waals surface area contributed by atoms with Gasteiger partial charge in [-0.05, 0) is 36.7 Å². The molecule has 0 radical (unpaired) electrons. The Labute approximate surface area is 108 Å². The van der Waals surface area contributed by atoms with Crippen LogP contribution >= 0.6 is 0 Å². The number of benzene rings is 1. The van der Waals surface area contributed by atoms with Gasteiger partial charge in [-0.15, -0.1) is 0 Å². The highest BCUT2D eigenvalue weighted by Crippen LogP contribution is 2.17. The summed E-state index contributed by atoms with van der Waals surface area (Å²) < 4.78 is 0. The molecule has 1 heterocycles. The van der Waals surface area contributed by atoms with Crippen molar-refractivity contribution in [1.29, 1.82) is 0 Å². The summed E-state index contributed by atoms with van der Waals surface area (Å²) in [6, 6.07) is 14.3. The van der Waals surface area contributed by atoms with E-state index in [4.69, 9.17) is 5.11 Å². The highest BCUT2D eigenvalue weighted by Gasteiger charge is 1.99. The number of hydrogen-bond acceptors (Lipinski definition) is 3. The van der Waals surface area contributed by atoms with Crippen molar-refractivity contribution in [3.8, 4) is 11.3 Å². The third kappa shape index (κ3) is 3.65. The van der Waals surface area contributed by atoms with Gasteiger partial charge in [0.25, 0.3) is 0 Å². The Morgan fingerprint density at radius 1 is 1.11 bits per heavy atom. The molecule has 0 spiro atoms. The second kappa shape index (κ2) is 6.89. The van der Waals surface area contributed by atoms with E-state index in [9.17, 15) is 0 Å². The van der Waals surface area contributed by atoms with Crippen LogP contribution in [-0.4, -0.2) is 23.2 Å². The van der Waals surface area contributed by atoms with Crippen LogP contribution in [0.3, 0.4) is 0 Å². The van der Waals surface area contributed by atoms with E-state index in [1.54, 1.807) is 0 Å². The number of aliphatic hydroxyl groups excluding tert-OH is 1. The Morgan fingerprint density at radius 3 is 2.83 bits per heavy atom. The minimum Gasteiger partial charge on any atom is -0.396 e. The van der Waals surface area contributed by atoms with Crippen LogP contribution in [0, 0.1) is 0 Å². The lowest BCUT2D eigenvalue weighted by Crippen LogP contribution is -2.15. The van der Waals surface area contributed by atoms with E-state index in [2.05, 4.69) is 28.5 Å². The maximum Gasteiger partial charge on any atom is 0.0702 e. The highest BCUT2D eigenvalue weighted by molar-refractivity contribution is 5.59. The molecule has 0 bridgehead atoms. The Kier molecular flexibility index (Phi) is 4.88. The molecule has 0 fully saturated rings. The van der Waals surface area contributed by atoms with Crippen molar-refractivity contribution in [2.45, 2.75) is 13.0 Å². The third-order valence-corrected chi connectivity index (χ3v) is 2.73. The molecule has 2 N–H and O–H groups in total. The van der Waals surface area contributed by atoms with Crippen LogP contribution in [0.1, 0.15) is 12.0 Å². The van der Waals surface area contributed by atoms with E-state index in [1.165, 1.54) is 5.56 Å². The average Bonchev–Trinajstić information content (AvgIpc) is 2.45. The molecule has 1 aromatic heterocycles. The van der Waals surface area contributed by atoms with E-state index < -0.39 is 0 Å².